The lowest BCUT2D eigenvalue weighted by molar-refractivity contribution is -0.118. The van der Waals surface area contributed by atoms with Gasteiger partial charge >= 0.3 is 0 Å². The normalized spacial score (nSPS) is 19.1. The van der Waals surface area contributed by atoms with Crippen molar-refractivity contribution in [3.05, 3.63) is 29.3 Å². The van der Waals surface area contributed by atoms with Crippen molar-refractivity contribution in [3.8, 4) is 0 Å². The van der Waals surface area contributed by atoms with E-state index >= 15 is 0 Å². The van der Waals surface area contributed by atoms with Crippen LogP contribution < -0.4 is 5.73 Å². The standard InChI is InChI=1S/C11H9NO3/c1-5(13)8-10(14)6-3-2-4-7(12)9(6)11(8)15/h2-4,8H,12H2,1H3. The Morgan fingerprint density at radius 2 is 1.93 bits per heavy atom. The summed E-state index contributed by atoms with van der Waals surface area (Å²) in [5.74, 6) is -2.51. The van der Waals surface area contributed by atoms with Gasteiger partial charge in [0.2, 0.25) is 0 Å². The Morgan fingerprint density at radius 3 is 2.47 bits per heavy atom. The number of rotatable bonds is 1. The molecule has 0 heterocycles. The SMILES string of the molecule is CC(=O)C1C(=O)c2cccc(N)c2C1=O. The molecular weight excluding hydrogens is 194 g/mol. The number of fused-ring (bicyclic) bond motifs is 1. The van der Waals surface area contributed by atoms with E-state index < -0.39 is 23.3 Å². The molecule has 1 unspecified atom stereocenters. The molecule has 0 aliphatic heterocycles. The van der Waals surface area contributed by atoms with E-state index in [1.165, 1.54) is 13.0 Å². The van der Waals surface area contributed by atoms with Crippen molar-refractivity contribution in [2.45, 2.75) is 6.92 Å². The molecular formula is C11H9NO3. The Morgan fingerprint density at radius 1 is 1.27 bits per heavy atom. The van der Waals surface area contributed by atoms with Crippen molar-refractivity contribution in [1.29, 1.82) is 0 Å². The molecule has 1 aromatic carbocycles. The van der Waals surface area contributed by atoms with Crippen LogP contribution in [0.4, 0.5) is 5.69 Å². The molecule has 2 rings (SSSR count). The Balaban J connectivity index is 2.66. The zero-order valence-electron chi connectivity index (χ0n) is 8.11. The van der Waals surface area contributed by atoms with Gasteiger partial charge in [-0.25, -0.2) is 0 Å². The monoisotopic (exact) mass is 203 g/mol. The molecule has 0 saturated heterocycles. The van der Waals surface area contributed by atoms with Crippen molar-refractivity contribution < 1.29 is 14.4 Å². The Hall–Kier alpha value is -1.97. The average molecular weight is 203 g/mol. The van der Waals surface area contributed by atoms with Crippen molar-refractivity contribution in [3.63, 3.8) is 0 Å². The maximum absolute atomic E-state index is 11.7. The Bertz CT molecular complexity index is 491. The van der Waals surface area contributed by atoms with E-state index in [1.807, 2.05) is 0 Å². The van der Waals surface area contributed by atoms with Crippen LogP contribution in [0.3, 0.4) is 0 Å². The van der Waals surface area contributed by atoms with Crippen LogP contribution in [0.1, 0.15) is 27.6 Å². The van der Waals surface area contributed by atoms with Gasteiger partial charge in [-0.3, -0.25) is 14.4 Å². The fraction of sp³-hybridized carbons (Fsp3) is 0.182. The van der Waals surface area contributed by atoms with E-state index in [9.17, 15) is 14.4 Å². The number of ketones is 3. The van der Waals surface area contributed by atoms with E-state index in [4.69, 9.17) is 5.73 Å². The molecule has 15 heavy (non-hydrogen) atoms. The predicted octanol–water partition coefficient (Wildman–Crippen LogP) is 0.853. The van der Waals surface area contributed by atoms with Gasteiger partial charge in [-0.2, -0.15) is 0 Å². The minimum absolute atomic E-state index is 0.197. The van der Waals surface area contributed by atoms with Crippen LogP contribution in [0.15, 0.2) is 18.2 Å². The summed E-state index contributed by atoms with van der Waals surface area (Å²) >= 11 is 0. The van der Waals surface area contributed by atoms with Crippen molar-refractivity contribution in [1.82, 2.24) is 0 Å². The molecule has 0 radical (unpaired) electrons. The summed E-state index contributed by atoms with van der Waals surface area (Å²) in [5.41, 5.74) is 6.32. The molecule has 2 N–H and O–H groups in total. The van der Waals surface area contributed by atoms with E-state index in [0.29, 0.717) is 0 Å². The molecule has 0 bridgehead atoms. The molecule has 1 aliphatic carbocycles. The van der Waals surface area contributed by atoms with Crippen LogP contribution in [0.25, 0.3) is 0 Å². The number of anilines is 1. The summed E-state index contributed by atoms with van der Waals surface area (Å²) in [4.78, 5) is 34.6. The smallest absolute Gasteiger partial charge is 0.183 e. The number of carbonyl (C=O) groups is 3. The summed E-state index contributed by atoms with van der Waals surface area (Å²) < 4.78 is 0. The molecule has 76 valence electrons. The highest BCUT2D eigenvalue weighted by Gasteiger charge is 2.42. The summed E-state index contributed by atoms with van der Waals surface area (Å²) in [6.45, 7) is 1.24. The first kappa shape index (κ1) is 9.58. The Labute approximate surface area is 86.1 Å². The molecule has 1 aromatic rings. The van der Waals surface area contributed by atoms with Gasteiger partial charge in [0.1, 0.15) is 11.7 Å². The lowest BCUT2D eigenvalue weighted by Crippen LogP contribution is -2.23. The third-order valence-corrected chi connectivity index (χ3v) is 2.54. The zero-order valence-corrected chi connectivity index (χ0v) is 8.11. The average Bonchev–Trinajstić information content (AvgIpc) is 2.40. The molecule has 4 nitrogen and oxygen atoms in total. The highest BCUT2D eigenvalue weighted by atomic mass is 16.2. The number of carbonyl (C=O) groups excluding carboxylic acids is 3. The van der Waals surface area contributed by atoms with Gasteiger partial charge in [-0.1, -0.05) is 12.1 Å². The van der Waals surface area contributed by atoms with E-state index in [1.54, 1.807) is 12.1 Å². The number of hydrogen-bond acceptors (Lipinski definition) is 4. The summed E-state index contributed by atoms with van der Waals surface area (Å²) in [6.07, 6.45) is 0. The van der Waals surface area contributed by atoms with Gasteiger partial charge in [0.15, 0.2) is 11.6 Å². The summed E-state index contributed by atoms with van der Waals surface area (Å²) in [6, 6.07) is 4.67. The highest BCUT2D eigenvalue weighted by molar-refractivity contribution is 6.36. The van der Waals surface area contributed by atoms with Gasteiger partial charge in [0.25, 0.3) is 0 Å². The lowest BCUT2D eigenvalue weighted by atomic mass is 10.00. The number of Topliss-reactive ketones (excluding diaryl/α,β-unsaturated/α-hetero) is 3. The highest BCUT2D eigenvalue weighted by Crippen LogP contribution is 2.31. The number of hydrogen-bond donors (Lipinski definition) is 1. The first-order valence-electron chi connectivity index (χ1n) is 4.51. The van der Waals surface area contributed by atoms with Gasteiger partial charge < -0.3 is 5.73 Å². The van der Waals surface area contributed by atoms with Crippen LogP contribution in [-0.4, -0.2) is 17.3 Å². The van der Waals surface area contributed by atoms with Crippen LogP contribution in [0, 0.1) is 5.92 Å². The second-order valence-electron chi connectivity index (χ2n) is 3.54. The molecule has 0 saturated carbocycles. The fourth-order valence-electron chi connectivity index (χ4n) is 1.84. The Kier molecular flexibility index (Phi) is 1.93. The minimum atomic E-state index is -1.18. The molecule has 1 aliphatic rings. The van der Waals surface area contributed by atoms with Crippen molar-refractivity contribution in [2.24, 2.45) is 5.92 Å². The predicted molar refractivity (Wildman–Crippen MR) is 53.7 cm³/mol. The maximum atomic E-state index is 11.7. The number of nitrogen functional groups attached to an aromatic ring is 1. The molecule has 0 aromatic heterocycles. The molecule has 0 fully saturated rings. The molecule has 1 atom stereocenters. The maximum Gasteiger partial charge on any atom is 0.183 e. The van der Waals surface area contributed by atoms with E-state index in [2.05, 4.69) is 0 Å². The second-order valence-corrected chi connectivity index (χ2v) is 3.54. The van der Waals surface area contributed by atoms with Crippen molar-refractivity contribution in [2.75, 3.05) is 5.73 Å². The largest absolute Gasteiger partial charge is 0.398 e. The zero-order chi connectivity index (χ0) is 11.2. The summed E-state index contributed by atoms with van der Waals surface area (Å²) in [5, 5.41) is 0. The van der Waals surface area contributed by atoms with Crippen LogP contribution >= 0.6 is 0 Å². The van der Waals surface area contributed by atoms with Gasteiger partial charge in [0, 0.05) is 11.3 Å². The second kappa shape index (κ2) is 3.02. The molecule has 4 heteroatoms. The first-order chi connectivity index (χ1) is 7.04. The lowest BCUT2D eigenvalue weighted by Gasteiger charge is -2.00. The van der Waals surface area contributed by atoms with Gasteiger partial charge in [-0.15, -0.1) is 0 Å². The number of nitrogens with two attached hydrogens (primary N) is 1. The van der Waals surface area contributed by atoms with Crippen LogP contribution in [0.5, 0.6) is 0 Å². The molecule has 0 spiro atoms. The van der Waals surface area contributed by atoms with Crippen LogP contribution in [0.2, 0.25) is 0 Å². The van der Waals surface area contributed by atoms with Crippen LogP contribution in [-0.2, 0) is 4.79 Å². The van der Waals surface area contributed by atoms with Gasteiger partial charge in [-0.05, 0) is 13.0 Å². The van der Waals surface area contributed by atoms with Crippen molar-refractivity contribution >= 4 is 23.0 Å². The van der Waals surface area contributed by atoms with Gasteiger partial charge in [0.05, 0.1) is 5.56 Å². The quantitative estimate of drug-likeness (QED) is 0.542. The minimum Gasteiger partial charge on any atom is -0.398 e. The number of benzene rings is 1. The fourth-order valence-corrected chi connectivity index (χ4v) is 1.84. The van der Waals surface area contributed by atoms with E-state index in [0.717, 1.165) is 0 Å². The first-order valence-corrected chi connectivity index (χ1v) is 4.51. The molecule has 0 amide bonds. The van der Waals surface area contributed by atoms with E-state index in [-0.39, 0.29) is 16.8 Å². The summed E-state index contributed by atoms with van der Waals surface area (Å²) in [7, 11) is 0. The third kappa shape index (κ3) is 1.18. The third-order valence-electron chi connectivity index (χ3n) is 2.54. The topological polar surface area (TPSA) is 77.2 Å².